The Morgan fingerprint density at radius 2 is 2.00 bits per heavy atom. The molecule has 9 heteroatoms. The van der Waals surface area contributed by atoms with E-state index in [0.717, 1.165) is 0 Å². The molecule has 4 rings (SSSR count). The first-order valence-corrected chi connectivity index (χ1v) is 10.2. The maximum Gasteiger partial charge on any atom is 0.274 e. The highest BCUT2D eigenvalue weighted by Gasteiger charge is 2.23. The van der Waals surface area contributed by atoms with Gasteiger partial charge in [0, 0.05) is 25.4 Å². The van der Waals surface area contributed by atoms with Crippen molar-refractivity contribution in [2.75, 3.05) is 17.7 Å². The van der Waals surface area contributed by atoms with Crippen molar-refractivity contribution in [3.05, 3.63) is 60.1 Å². The van der Waals surface area contributed by atoms with Crippen LogP contribution in [0.3, 0.4) is 0 Å². The lowest BCUT2D eigenvalue weighted by molar-refractivity contribution is -0.114. The van der Waals surface area contributed by atoms with Crippen LogP contribution in [0.25, 0.3) is 11.0 Å². The van der Waals surface area contributed by atoms with Gasteiger partial charge in [-0.05, 0) is 24.3 Å². The van der Waals surface area contributed by atoms with Crippen LogP contribution in [0.2, 0.25) is 0 Å². The number of imidazole rings is 2. The lowest BCUT2D eigenvalue weighted by Crippen LogP contribution is -2.36. The normalized spacial score (nSPS) is 15.3. The number of likely N-dealkylation sites (N-methyl/N-ethyl adjacent to an activating group) is 1. The molecule has 1 aromatic carbocycles. The quantitative estimate of drug-likeness (QED) is 0.476. The molecule has 2 amide bonds. The summed E-state index contributed by atoms with van der Waals surface area (Å²) < 4.78 is 0. The zero-order valence-corrected chi connectivity index (χ0v) is 17.9. The second-order valence-corrected chi connectivity index (χ2v) is 7.57. The summed E-state index contributed by atoms with van der Waals surface area (Å²) in [5, 5.41) is 5.46. The van der Waals surface area contributed by atoms with Gasteiger partial charge in [0.25, 0.3) is 11.8 Å². The number of H-pyrrole nitrogens is 2. The molecule has 0 saturated heterocycles. The van der Waals surface area contributed by atoms with E-state index in [1.165, 1.54) is 0 Å². The molecule has 0 spiro atoms. The molecule has 9 nitrogen and oxygen atoms in total. The largest absolute Gasteiger partial charge is 0.353 e. The van der Waals surface area contributed by atoms with Crippen molar-refractivity contribution in [3.63, 3.8) is 0 Å². The highest BCUT2D eigenvalue weighted by molar-refractivity contribution is 6.11. The number of nitrogens with zero attached hydrogens (tertiary/aromatic N) is 3. The van der Waals surface area contributed by atoms with E-state index in [-0.39, 0.29) is 29.7 Å². The van der Waals surface area contributed by atoms with Crippen molar-refractivity contribution < 1.29 is 9.59 Å². The number of para-hydroxylation sites is 1. The molecule has 0 saturated carbocycles. The molecule has 0 fully saturated rings. The van der Waals surface area contributed by atoms with Gasteiger partial charge in [-0.25, -0.2) is 9.97 Å². The predicted molar refractivity (Wildman–Crippen MR) is 123 cm³/mol. The first-order valence-electron chi connectivity index (χ1n) is 10.2. The number of amides is 2. The number of benzene rings is 1. The van der Waals surface area contributed by atoms with Gasteiger partial charge in [0.05, 0.1) is 11.1 Å². The minimum Gasteiger partial charge on any atom is -0.353 e. The van der Waals surface area contributed by atoms with Crippen molar-refractivity contribution in [2.45, 2.75) is 19.9 Å². The summed E-state index contributed by atoms with van der Waals surface area (Å²) in [4.78, 5) is 41.7. The average Bonchev–Trinajstić information content (AvgIpc) is 3.41. The standard InChI is InChI=1S/C23H23N7O2/c1-14(2)10-11-15-6-4-9-18(30(15)3)21(32)29-23-26-17-8-5-7-16(19(17)27-23)20(31)28-22-24-12-13-25-22/h4-9,12-15H,1-3H3,(H2,24,25,28,31)(H2,26,27,29,32). The molecular formula is C23H23N7O2. The Kier molecular flexibility index (Phi) is 5.77. The fourth-order valence-electron chi connectivity index (χ4n) is 3.24. The molecule has 0 radical (unpaired) electrons. The van der Waals surface area contributed by atoms with Crippen LogP contribution < -0.4 is 10.6 Å². The van der Waals surface area contributed by atoms with Crippen molar-refractivity contribution in [2.24, 2.45) is 5.92 Å². The minimum absolute atomic E-state index is 0.185. The Morgan fingerprint density at radius 3 is 2.75 bits per heavy atom. The molecule has 4 N–H and O–H groups in total. The minimum atomic E-state index is -0.360. The molecule has 2 aromatic heterocycles. The van der Waals surface area contributed by atoms with Crippen LogP contribution in [-0.4, -0.2) is 49.7 Å². The molecule has 1 atom stereocenters. The third-order valence-corrected chi connectivity index (χ3v) is 4.82. The van der Waals surface area contributed by atoms with Gasteiger partial charge in [-0.2, -0.15) is 0 Å². The van der Waals surface area contributed by atoms with Gasteiger partial charge >= 0.3 is 0 Å². The van der Waals surface area contributed by atoms with E-state index in [1.807, 2.05) is 37.9 Å². The number of nitrogens with one attached hydrogen (secondary N) is 4. The summed E-state index contributed by atoms with van der Waals surface area (Å²) in [6.45, 7) is 4.04. The van der Waals surface area contributed by atoms with Gasteiger partial charge in [-0.1, -0.05) is 37.8 Å². The van der Waals surface area contributed by atoms with Crippen molar-refractivity contribution in [1.29, 1.82) is 0 Å². The first-order chi connectivity index (χ1) is 15.4. The Morgan fingerprint density at radius 1 is 1.19 bits per heavy atom. The second-order valence-electron chi connectivity index (χ2n) is 7.57. The Bertz CT molecular complexity index is 1270. The van der Waals surface area contributed by atoms with Gasteiger partial charge in [-0.3, -0.25) is 20.2 Å². The van der Waals surface area contributed by atoms with E-state index in [9.17, 15) is 9.59 Å². The third kappa shape index (κ3) is 4.39. The Hall–Kier alpha value is -4.32. The van der Waals surface area contributed by atoms with Crippen LogP contribution in [0.15, 0.2) is 54.5 Å². The summed E-state index contributed by atoms with van der Waals surface area (Å²) >= 11 is 0. The average molecular weight is 429 g/mol. The maximum atomic E-state index is 12.9. The number of rotatable bonds is 4. The number of aromatic amines is 2. The van der Waals surface area contributed by atoms with E-state index in [1.54, 1.807) is 36.7 Å². The second kappa shape index (κ2) is 8.81. The SMILES string of the molecule is CC(C)C#CC1C=CC=C(C(=O)Nc2nc3c(C(=O)Nc4ncc[nH]4)cccc3[nH]2)N1C. The van der Waals surface area contributed by atoms with Crippen LogP contribution in [0, 0.1) is 17.8 Å². The van der Waals surface area contributed by atoms with Gasteiger partial charge in [0.15, 0.2) is 0 Å². The molecular weight excluding hydrogens is 406 g/mol. The molecule has 1 aliphatic rings. The van der Waals surface area contributed by atoms with Crippen molar-refractivity contribution in [3.8, 4) is 11.8 Å². The Balaban J connectivity index is 1.53. The summed E-state index contributed by atoms with van der Waals surface area (Å²) in [6.07, 6.45) is 8.66. The molecule has 3 aromatic rings. The molecule has 1 aliphatic heterocycles. The number of carbonyl (C=O) groups excluding carboxylic acids is 2. The van der Waals surface area contributed by atoms with Crippen LogP contribution in [-0.2, 0) is 4.79 Å². The zero-order chi connectivity index (χ0) is 22.7. The maximum absolute atomic E-state index is 12.9. The number of hydrogen-bond acceptors (Lipinski definition) is 5. The third-order valence-electron chi connectivity index (χ3n) is 4.82. The topological polar surface area (TPSA) is 119 Å². The smallest absolute Gasteiger partial charge is 0.274 e. The van der Waals surface area contributed by atoms with E-state index < -0.39 is 0 Å². The molecule has 0 bridgehead atoms. The Labute approximate surface area is 185 Å². The number of allylic oxidation sites excluding steroid dienone is 2. The van der Waals surface area contributed by atoms with Gasteiger partial charge in [0.1, 0.15) is 17.3 Å². The summed E-state index contributed by atoms with van der Waals surface area (Å²) in [5.41, 5.74) is 1.89. The number of hydrogen-bond donors (Lipinski definition) is 4. The lowest BCUT2D eigenvalue weighted by atomic mass is 10.1. The zero-order valence-electron chi connectivity index (χ0n) is 17.9. The van der Waals surface area contributed by atoms with Gasteiger partial charge in [0.2, 0.25) is 11.9 Å². The number of anilines is 2. The van der Waals surface area contributed by atoms with Crippen molar-refractivity contribution in [1.82, 2.24) is 24.8 Å². The molecule has 3 heterocycles. The number of carbonyl (C=O) groups is 2. The van der Waals surface area contributed by atoms with Crippen LogP contribution >= 0.6 is 0 Å². The monoisotopic (exact) mass is 429 g/mol. The van der Waals surface area contributed by atoms with Gasteiger partial charge < -0.3 is 14.9 Å². The fourth-order valence-corrected chi connectivity index (χ4v) is 3.24. The van der Waals surface area contributed by atoms with E-state index in [0.29, 0.717) is 28.2 Å². The highest BCUT2D eigenvalue weighted by atomic mass is 16.2. The lowest BCUT2D eigenvalue weighted by Gasteiger charge is -2.27. The number of aromatic nitrogens is 4. The molecule has 162 valence electrons. The van der Waals surface area contributed by atoms with Crippen LogP contribution in [0.5, 0.6) is 0 Å². The van der Waals surface area contributed by atoms with Gasteiger partial charge in [-0.15, -0.1) is 0 Å². The molecule has 32 heavy (non-hydrogen) atoms. The van der Waals surface area contributed by atoms with Crippen LogP contribution in [0.1, 0.15) is 24.2 Å². The van der Waals surface area contributed by atoms with Crippen LogP contribution in [0.4, 0.5) is 11.9 Å². The molecule has 1 unspecified atom stereocenters. The summed E-state index contributed by atoms with van der Waals surface area (Å²) in [7, 11) is 1.82. The fraction of sp³-hybridized carbons (Fsp3) is 0.217. The predicted octanol–water partition coefficient (Wildman–Crippen LogP) is 2.89. The summed E-state index contributed by atoms with van der Waals surface area (Å²) in [5.74, 6) is 6.46. The number of fused-ring (bicyclic) bond motifs is 1. The van der Waals surface area contributed by atoms with E-state index in [2.05, 4.69) is 42.4 Å². The van der Waals surface area contributed by atoms with E-state index in [4.69, 9.17) is 0 Å². The van der Waals surface area contributed by atoms with E-state index >= 15 is 0 Å². The highest BCUT2D eigenvalue weighted by Crippen LogP contribution is 2.21. The van der Waals surface area contributed by atoms with Crippen molar-refractivity contribution >= 4 is 34.7 Å². The molecule has 0 aliphatic carbocycles. The first kappa shape index (κ1) is 20.9. The summed E-state index contributed by atoms with van der Waals surface area (Å²) in [6, 6.07) is 5.00.